The number of hydrogen-bond donors (Lipinski definition) is 2. The van der Waals surface area contributed by atoms with Crippen LogP contribution in [0.1, 0.15) is 15.9 Å². The molecular formula is C13H12N6O2. The fraction of sp³-hybridized carbons (Fsp3) is 0.0769. The highest BCUT2D eigenvalue weighted by Gasteiger charge is 2.09. The Morgan fingerprint density at radius 3 is 2.76 bits per heavy atom. The molecule has 3 rings (SSSR count). The van der Waals surface area contributed by atoms with E-state index in [4.69, 9.17) is 10.3 Å². The van der Waals surface area contributed by atoms with Crippen molar-refractivity contribution >= 4 is 5.91 Å². The van der Waals surface area contributed by atoms with Gasteiger partial charge in [0.2, 0.25) is 5.82 Å². The molecular weight excluding hydrogens is 272 g/mol. The maximum atomic E-state index is 11.3. The van der Waals surface area contributed by atoms with Crippen molar-refractivity contribution in [2.45, 2.75) is 6.54 Å². The first kappa shape index (κ1) is 13.0. The number of hydrogen-bond acceptors (Lipinski definition) is 6. The third-order valence-electron chi connectivity index (χ3n) is 2.87. The summed E-state index contributed by atoms with van der Waals surface area (Å²) >= 11 is 0. The molecule has 0 aliphatic heterocycles. The summed E-state index contributed by atoms with van der Waals surface area (Å²) in [6, 6.07) is 10.5. The first-order valence-corrected chi connectivity index (χ1v) is 6.18. The van der Waals surface area contributed by atoms with Crippen LogP contribution >= 0.6 is 0 Å². The van der Waals surface area contributed by atoms with Gasteiger partial charge in [0.05, 0.1) is 12.8 Å². The number of furan rings is 1. The van der Waals surface area contributed by atoms with Gasteiger partial charge in [-0.05, 0) is 35.0 Å². The van der Waals surface area contributed by atoms with Crippen LogP contribution in [0.25, 0.3) is 11.6 Å². The fourth-order valence-electron chi connectivity index (χ4n) is 1.82. The number of carbonyl (C=O) groups is 1. The molecule has 1 aromatic carbocycles. The first-order valence-electron chi connectivity index (χ1n) is 6.18. The van der Waals surface area contributed by atoms with Crippen LogP contribution in [0.3, 0.4) is 0 Å². The van der Waals surface area contributed by atoms with E-state index in [1.54, 1.807) is 42.7 Å². The van der Waals surface area contributed by atoms with E-state index in [1.165, 1.54) is 4.80 Å². The Hall–Kier alpha value is -3.00. The van der Waals surface area contributed by atoms with Crippen molar-refractivity contribution in [2.24, 2.45) is 5.84 Å². The third kappa shape index (κ3) is 2.79. The lowest BCUT2D eigenvalue weighted by Crippen LogP contribution is -2.29. The topological polar surface area (TPSA) is 112 Å². The van der Waals surface area contributed by atoms with Crippen molar-refractivity contribution in [1.82, 2.24) is 25.6 Å². The van der Waals surface area contributed by atoms with Crippen LogP contribution in [-0.2, 0) is 6.54 Å². The van der Waals surface area contributed by atoms with Crippen molar-refractivity contribution in [3.63, 3.8) is 0 Å². The predicted molar refractivity (Wildman–Crippen MR) is 72.7 cm³/mol. The van der Waals surface area contributed by atoms with Crippen LogP contribution in [0.5, 0.6) is 0 Å². The van der Waals surface area contributed by atoms with Crippen molar-refractivity contribution < 1.29 is 9.21 Å². The van der Waals surface area contributed by atoms with Crippen LogP contribution in [0.2, 0.25) is 0 Å². The standard InChI is InChI=1S/C13H12N6O2/c14-15-13(20)10-5-3-9(4-6-10)8-19-17-12(16-18-19)11-2-1-7-21-11/h1-7H,8,14H2,(H,15,20). The van der Waals surface area contributed by atoms with Gasteiger partial charge in [0.1, 0.15) is 0 Å². The monoisotopic (exact) mass is 284 g/mol. The molecule has 8 heteroatoms. The second kappa shape index (κ2) is 5.55. The summed E-state index contributed by atoms with van der Waals surface area (Å²) in [7, 11) is 0. The van der Waals surface area contributed by atoms with Gasteiger partial charge in [-0.3, -0.25) is 10.2 Å². The minimum atomic E-state index is -0.333. The molecule has 0 spiro atoms. The van der Waals surface area contributed by atoms with Crippen LogP contribution in [0, 0.1) is 0 Å². The fourth-order valence-corrected chi connectivity index (χ4v) is 1.82. The summed E-state index contributed by atoms with van der Waals surface area (Å²) in [5.41, 5.74) is 3.51. The van der Waals surface area contributed by atoms with Gasteiger partial charge >= 0.3 is 0 Å². The predicted octanol–water partition coefficient (Wildman–Crippen LogP) is 0.585. The molecule has 3 aromatic rings. The van der Waals surface area contributed by atoms with Gasteiger partial charge < -0.3 is 4.42 Å². The van der Waals surface area contributed by atoms with Crippen molar-refractivity contribution in [3.8, 4) is 11.6 Å². The number of nitrogens with zero attached hydrogens (tertiary/aromatic N) is 4. The molecule has 0 aliphatic carbocycles. The van der Waals surface area contributed by atoms with E-state index < -0.39 is 0 Å². The first-order chi connectivity index (χ1) is 10.3. The molecule has 21 heavy (non-hydrogen) atoms. The minimum Gasteiger partial charge on any atom is -0.461 e. The molecule has 1 amide bonds. The number of tetrazole rings is 1. The molecule has 0 radical (unpaired) electrons. The molecule has 0 atom stereocenters. The number of rotatable bonds is 4. The SMILES string of the molecule is NNC(=O)c1ccc(Cn2nnc(-c3ccco3)n2)cc1. The maximum absolute atomic E-state index is 11.3. The average Bonchev–Trinajstić information content (AvgIpc) is 3.18. The van der Waals surface area contributed by atoms with Crippen LogP contribution in [-0.4, -0.2) is 26.1 Å². The largest absolute Gasteiger partial charge is 0.461 e. The molecule has 106 valence electrons. The van der Waals surface area contributed by atoms with E-state index in [0.717, 1.165) is 5.56 Å². The molecule has 8 nitrogen and oxygen atoms in total. The number of amides is 1. The molecule has 0 fully saturated rings. The highest BCUT2D eigenvalue weighted by molar-refractivity contribution is 5.93. The van der Waals surface area contributed by atoms with Gasteiger partial charge in [-0.15, -0.1) is 10.2 Å². The molecule has 0 aliphatic rings. The van der Waals surface area contributed by atoms with Gasteiger partial charge in [0.15, 0.2) is 5.76 Å². The van der Waals surface area contributed by atoms with Gasteiger partial charge in [-0.2, -0.15) is 4.80 Å². The highest BCUT2D eigenvalue weighted by Crippen LogP contribution is 2.13. The molecule has 0 saturated carbocycles. The Morgan fingerprint density at radius 1 is 1.29 bits per heavy atom. The molecule has 0 bridgehead atoms. The molecule has 2 heterocycles. The van der Waals surface area contributed by atoms with Crippen LogP contribution in [0.15, 0.2) is 47.1 Å². The number of benzene rings is 1. The van der Waals surface area contributed by atoms with Crippen LogP contribution in [0.4, 0.5) is 0 Å². The lowest BCUT2D eigenvalue weighted by Gasteiger charge is -2.02. The number of nitrogens with two attached hydrogens (primary N) is 1. The summed E-state index contributed by atoms with van der Waals surface area (Å²) in [5, 5.41) is 12.1. The Kier molecular flexibility index (Phi) is 3.44. The van der Waals surface area contributed by atoms with Gasteiger partial charge in [-0.25, -0.2) is 5.84 Å². The third-order valence-corrected chi connectivity index (χ3v) is 2.87. The maximum Gasteiger partial charge on any atom is 0.265 e. The Bertz CT molecular complexity index is 732. The van der Waals surface area contributed by atoms with E-state index in [9.17, 15) is 4.79 Å². The molecule has 0 unspecified atom stereocenters. The number of aromatic nitrogens is 4. The number of nitrogens with one attached hydrogen (secondary N) is 1. The summed E-state index contributed by atoms with van der Waals surface area (Å²) in [6.45, 7) is 0.443. The van der Waals surface area contributed by atoms with Crippen molar-refractivity contribution in [2.75, 3.05) is 0 Å². The van der Waals surface area contributed by atoms with E-state index in [1.807, 2.05) is 0 Å². The van der Waals surface area contributed by atoms with Gasteiger partial charge in [0.25, 0.3) is 5.91 Å². The zero-order chi connectivity index (χ0) is 14.7. The Morgan fingerprint density at radius 2 is 2.10 bits per heavy atom. The number of carbonyl (C=O) groups excluding carboxylic acids is 1. The lowest BCUT2D eigenvalue weighted by molar-refractivity contribution is 0.0953. The van der Waals surface area contributed by atoms with Gasteiger partial charge in [-0.1, -0.05) is 12.1 Å². The summed E-state index contributed by atoms with van der Waals surface area (Å²) in [4.78, 5) is 12.8. The Balaban J connectivity index is 1.73. The quantitative estimate of drug-likeness (QED) is 0.412. The number of hydrazine groups is 1. The molecule has 0 saturated heterocycles. The van der Waals surface area contributed by atoms with E-state index in [0.29, 0.717) is 23.7 Å². The Labute approximate surface area is 119 Å². The second-order valence-corrected chi connectivity index (χ2v) is 4.29. The number of nitrogen functional groups attached to an aromatic ring is 1. The summed E-state index contributed by atoms with van der Waals surface area (Å²) in [6.07, 6.45) is 1.55. The van der Waals surface area contributed by atoms with Crippen LogP contribution < -0.4 is 11.3 Å². The summed E-state index contributed by atoms with van der Waals surface area (Å²) < 4.78 is 5.20. The lowest BCUT2D eigenvalue weighted by atomic mass is 10.1. The normalized spacial score (nSPS) is 10.5. The highest BCUT2D eigenvalue weighted by atomic mass is 16.3. The summed E-state index contributed by atoms with van der Waals surface area (Å²) in [5.74, 6) is 5.74. The smallest absolute Gasteiger partial charge is 0.265 e. The minimum absolute atomic E-state index is 0.333. The van der Waals surface area contributed by atoms with E-state index in [-0.39, 0.29) is 5.91 Å². The van der Waals surface area contributed by atoms with Crippen molar-refractivity contribution in [3.05, 3.63) is 53.8 Å². The molecule has 3 N–H and O–H groups in total. The van der Waals surface area contributed by atoms with Crippen molar-refractivity contribution in [1.29, 1.82) is 0 Å². The van der Waals surface area contributed by atoms with Gasteiger partial charge in [0, 0.05) is 5.56 Å². The zero-order valence-corrected chi connectivity index (χ0v) is 10.9. The van der Waals surface area contributed by atoms with E-state index >= 15 is 0 Å². The second-order valence-electron chi connectivity index (χ2n) is 4.29. The zero-order valence-electron chi connectivity index (χ0n) is 10.9. The average molecular weight is 284 g/mol. The molecule has 2 aromatic heterocycles. The van der Waals surface area contributed by atoms with E-state index in [2.05, 4.69) is 20.8 Å².